The van der Waals surface area contributed by atoms with Crippen LogP contribution >= 0.6 is 0 Å². The number of piperidine rings is 1. The molecule has 1 aliphatic rings. The monoisotopic (exact) mass is 260 g/mol. The predicted molar refractivity (Wildman–Crippen MR) is 79.6 cm³/mol. The molecule has 0 bridgehead atoms. The lowest BCUT2D eigenvalue weighted by molar-refractivity contribution is 0.316. The second-order valence-electron chi connectivity index (χ2n) is 5.25. The highest BCUT2D eigenvalue weighted by molar-refractivity contribution is 5.98. The van der Waals surface area contributed by atoms with Gasteiger partial charge in [0.1, 0.15) is 5.75 Å². The van der Waals surface area contributed by atoms with Gasteiger partial charge in [0, 0.05) is 11.3 Å². The van der Waals surface area contributed by atoms with E-state index in [0.717, 1.165) is 37.4 Å². The third-order valence-electron chi connectivity index (χ3n) is 3.68. The maximum Gasteiger partial charge on any atom is 0.128 e. The van der Waals surface area contributed by atoms with E-state index in [0.29, 0.717) is 11.6 Å². The second kappa shape index (κ2) is 6.71. The van der Waals surface area contributed by atoms with Gasteiger partial charge in [-0.3, -0.25) is 0 Å². The summed E-state index contributed by atoms with van der Waals surface area (Å²) in [5.74, 6) is 1.51. The van der Waals surface area contributed by atoms with Crippen LogP contribution in [-0.4, -0.2) is 25.4 Å². The molecule has 3 nitrogen and oxygen atoms in total. The number of hydrogen-bond acceptors (Lipinski definition) is 3. The van der Waals surface area contributed by atoms with Crippen LogP contribution in [0.15, 0.2) is 18.2 Å². The molecule has 0 aliphatic carbocycles. The Balaban J connectivity index is 2.23. The molecule has 3 heteroatoms. The van der Waals surface area contributed by atoms with Crippen molar-refractivity contribution in [3.05, 3.63) is 29.3 Å². The topological polar surface area (TPSA) is 45.1 Å². The van der Waals surface area contributed by atoms with E-state index in [1.807, 2.05) is 13.0 Å². The lowest BCUT2D eigenvalue weighted by Crippen LogP contribution is -2.26. The summed E-state index contributed by atoms with van der Waals surface area (Å²) < 4.78 is 5.82. The average molecular weight is 260 g/mol. The van der Waals surface area contributed by atoms with E-state index in [2.05, 4.69) is 24.4 Å². The first-order chi connectivity index (χ1) is 9.22. The van der Waals surface area contributed by atoms with Gasteiger partial charge in [-0.05, 0) is 62.9 Å². The maximum atomic E-state index is 7.84. The summed E-state index contributed by atoms with van der Waals surface area (Å²) in [5, 5.41) is 11.2. The summed E-state index contributed by atoms with van der Waals surface area (Å²) in [7, 11) is 0. The van der Waals surface area contributed by atoms with E-state index in [-0.39, 0.29) is 0 Å². The number of ether oxygens (including phenoxy) is 1. The van der Waals surface area contributed by atoms with Gasteiger partial charge in [0.15, 0.2) is 0 Å². The third-order valence-corrected chi connectivity index (χ3v) is 3.68. The van der Waals surface area contributed by atoms with Gasteiger partial charge in [-0.15, -0.1) is 0 Å². The van der Waals surface area contributed by atoms with Crippen LogP contribution in [0.2, 0.25) is 0 Å². The van der Waals surface area contributed by atoms with Gasteiger partial charge < -0.3 is 15.5 Å². The summed E-state index contributed by atoms with van der Waals surface area (Å²) in [6.07, 6.45) is 3.38. The summed E-state index contributed by atoms with van der Waals surface area (Å²) in [4.78, 5) is 0. The Kier molecular flexibility index (Phi) is 4.97. The summed E-state index contributed by atoms with van der Waals surface area (Å²) >= 11 is 0. The first-order valence-electron chi connectivity index (χ1n) is 7.25. The third kappa shape index (κ3) is 3.57. The fourth-order valence-electron chi connectivity index (χ4n) is 2.59. The number of nitrogens with one attached hydrogen (secondary N) is 2. The lowest BCUT2D eigenvalue weighted by Gasteiger charge is -2.24. The fraction of sp³-hybridized carbons (Fsp3) is 0.562. The molecular weight excluding hydrogens is 236 g/mol. The second-order valence-corrected chi connectivity index (χ2v) is 5.25. The van der Waals surface area contributed by atoms with Crippen molar-refractivity contribution in [3.8, 4) is 5.75 Å². The number of hydrogen-bond donors (Lipinski definition) is 2. The largest absolute Gasteiger partial charge is 0.493 e. The van der Waals surface area contributed by atoms with Gasteiger partial charge in [-0.25, -0.2) is 0 Å². The molecule has 1 fully saturated rings. The molecule has 0 atom stereocenters. The van der Waals surface area contributed by atoms with Crippen LogP contribution in [0.3, 0.4) is 0 Å². The molecule has 0 unspecified atom stereocenters. The Bertz CT molecular complexity index is 436. The van der Waals surface area contributed by atoms with Crippen molar-refractivity contribution in [2.75, 3.05) is 19.7 Å². The Morgan fingerprint density at radius 3 is 2.74 bits per heavy atom. The summed E-state index contributed by atoms with van der Waals surface area (Å²) in [6.45, 7) is 6.84. The maximum absolute atomic E-state index is 7.84. The Hall–Kier alpha value is -1.35. The average Bonchev–Trinajstić information content (AvgIpc) is 2.45. The van der Waals surface area contributed by atoms with Gasteiger partial charge in [-0.1, -0.05) is 13.0 Å². The van der Waals surface area contributed by atoms with Crippen molar-refractivity contribution >= 4 is 5.71 Å². The molecule has 1 aromatic carbocycles. The summed E-state index contributed by atoms with van der Waals surface area (Å²) in [5.41, 5.74) is 2.85. The van der Waals surface area contributed by atoms with Crippen LogP contribution < -0.4 is 10.1 Å². The highest BCUT2D eigenvalue weighted by Gasteiger charge is 2.17. The van der Waals surface area contributed by atoms with E-state index in [4.69, 9.17) is 10.1 Å². The van der Waals surface area contributed by atoms with E-state index in [9.17, 15) is 0 Å². The van der Waals surface area contributed by atoms with Gasteiger partial charge in [0.05, 0.1) is 6.61 Å². The van der Waals surface area contributed by atoms with E-state index >= 15 is 0 Å². The zero-order valence-electron chi connectivity index (χ0n) is 12.0. The fourth-order valence-corrected chi connectivity index (χ4v) is 2.59. The lowest BCUT2D eigenvalue weighted by atomic mass is 9.89. The number of benzene rings is 1. The summed E-state index contributed by atoms with van der Waals surface area (Å²) in [6, 6.07) is 6.37. The first kappa shape index (κ1) is 14.1. The molecule has 19 heavy (non-hydrogen) atoms. The van der Waals surface area contributed by atoms with Crippen molar-refractivity contribution in [2.24, 2.45) is 0 Å². The molecule has 1 aliphatic heterocycles. The van der Waals surface area contributed by atoms with Crippen molar-refractivity contribution in [1.82, 2.24) is 5.32 Å². The molecule has 2 N–H and O–H groups in total. The van der Waals surface area contributed by atoms with Crippen molar-refractivity contribution in [3.63, 3.8) is 0 Å². The Labute approximate surface area is 115 Å². The highest BCUT2D eigenvalue weighted by atomic mass is 16.5. The molecule has 104 valence electrons. The van der Waals surface area contributed by atoms with Gasteiger partial charge in [-0.2, -0.15) is 0 Å². The first-order valence-corrected chi connectivity index (χ1v) is 7.25. The smallest absolute Gasteiger partial charge is 0.128 e. The van der Waals surface area contributed by atoms with Crippen LogP contribution in [0.4, 0.5) is 0 Å². The Morgan fingerprint density at radius 1 is 1.37 bits per heavy atom. The predicted octanol–water partition coefficient (Wildman–Crippen LogP) is 3.33. The zero-order valence-corrected chi connectivity index (χ0v) is 12.0. The molecule has 0 radical (unpaired) electrons. The Morgan fingerprint density at radius 2 is 2.11 bits per heavy atom. The van der Waals surface area contributed by atoms with E-state index < -0.39 is 0 Å². The minimum atomic E-state index is 0.572. The van der Waals surface area contributed by atoms with Crippen LogP contribution in [0, 0.1) is 5.41 Å². The van der Waals surface area contributed by atoms with Crippen molar-refractivity contribution in [2.45, 2.75) is 39.0 Å². The standard InChI is InChI=1S/C16H24N2O/c1-3-10-19-16-11-14(4-5-15(16)12(2)17)13-6-8-18-9-7-13/h4-5,11,13,17-18H,3,6-10H2,1-2H3. The van der Waals surface area contributed by atoms with E-state index in [1.165, 1.54) is 18.4 Å². The van der Waals surface area contributed by atoms with Gasteiger partial charge in [0.25, 0.3) is 0 Å². The molecule has 1 saturated heterocycles. The van der Waals surface area contributed by atoms with Gasteiger partial charge in [0.2, 0.25) is 0 Å². The minimum absolute atomic E-state index is 0.572. The van der Waals surface area contributed by atoms with E-state index in [1.54, 1.807) is 0 Å². The quantitative estimate of drug-likeness (QED) is 0.798. The molecule has 1 heterocycles. The zero-order chi connectivity index (χ0) is 13.7. The normalized spacial score (nSPS) is 16.3. The number of rotatable bonds is 5. The van der Waals surface area contributed by atoms with Crippen LogP contribution in [-0.2, 0) is 0 Å². The molecular formula is C16H24N2O. The molecule has 0 saturated carbocycles. The van der Waals surface area contributed by atoms with Gasteiger partial charge >= 0.3 is 0 Å². The van der Waals surface area contributed by atoms with Crippen LogP contribution in [0.25, 0.3) is 0 Å². The van der Waals surface area contributed by atoms with Crippen LogP contribution in [0.5, 0.6) is 5.75 Å². The molecule has 0 aromatic heterocycles. The molecule has 0 spiro atoms. The minimum Gasteiger partial charge on any atom is -0.493 e. The van der Waals surface area contributed by atoms with Crippen molar-refractivity contribution in [1.29, 1.82) is 5.41 Å². The van der Waals surface area contributed by atoms with Crippen molar-refractivity contribution < 1.29 is 4.74 Å². The molecule has 2 rings (SSSR count). The highest BCUT2D eigenvalue weighted by Crippen LogP contribution is 2.30. The SMILES string of the molecule is CCCOc1cc(C2CCNCC2)ccc1C(C)=N. The molecule has 0 amide bonds. The molecule has 1 aromatic rings. The van der Waals surface area contributed by atoms with Crippen LogP contribution in [0.1, 0.15) is 50.2 Å².